The summed E-state index contributed by atoms with van der Waals surface area (Å²) in [6.45, 7) is 0.713. The van der Waals surface area contributed by atoms with Gasteiger partial charge in [0.15, 0.2) is 23.5 Å². The maximum absolute atomic E-state index is 16.4. The number of rotatable bonds is 10. The van der Waals surface area contributed by atoms with Gasteiger partial charge in [0.25, 0.3) is 5.91 Å². The highest BCUT2D eigenvalue weighted by Gasteiger charge is 2.44. The predicted molar refractivity (Wildman–Crippen MR) is 158 cm³/mol. The zero-order chi connectivity index (χ0) is 31.3. The third kappa shape index (κ3) is 6.45. The number of methoxy groups -OCH3 is 1. The van der Waals surface area contributed by atoms with Crippen molar-refractivity contribution in [2.45, 2.75) is 37.6 Å². The number of fused-ring (bicyclic) bond motifs is 1. The van der Waals surface area contributed by atoms with Gasteiger partial charge in [0.1, 0.15) is 18.2 Å². The highest BCUT2D eigenvalue weighted by atomic mass is 35.5. The van der Waals surface area contributed by atoms with E-state index in [4.69, 9.17) is 35.3 Å². The molecule has 1 fully saturated rings. The van der Waals surface area contributed by atoms with E-state index in [0.29, 0.717) is 17.7 Å². The van der Waals surface area contributed by atoms with Gasteiger partial charge in [-0.3, -0.25) is 4.79 Å². The number of hydrogen-bond donors (Lipinski definition) is 2. The summed E-state index contributed by atoms with van der Waals surface area (Å²) in [6, 6.07) is 12.9. The first kappa shape index (κ1) is 31.5. The van der Waals surface area contributed by atoms with Gasteiger partial charge >= 0.3 is 6.09 Å². The number of ether oxygens (including phenoxy) is 5. The van der Waals surface area contributed by atoms with Crippen LogP contribution in [-0.4, -0.2) is 58.8 Å². The molecule has 2 N–H and O–H groups in total. The molecule has 2 aliphatic rings. The maximum atomic E-state index is 16.4. The van der Waals surface area contributed by atoms with Crippen LogP contribution in [0.1, 0.15) is 40.7 Å². The fourth-order valence-corrected chi connectivity index (χ4v) is 5.76. The van der Waals surface area contributed by atoms with Crippen LogP contribution in [0.25, 0.3) is 11.1 Å². The van der Waals surface area contributed by atoms with Crippen LogP contribution in [0.4, 0.5) is 13.6 Å². The van der Waals surface area contributed by atoms with Crippen molar-refractivity contribution in [3.8, 4) is 22.6 Å². The first-order valence-corrected chi connectivity index (χ1v) is 14.6. The van der Waals surface area contributed by atoms with Gasteiger partial charge in [-0.25, -0.2) is 13.6 Å². The Hall–Kier alpha value is -3.93. The molecule has 2 heterocycles. The largest absolute Gasteiger partial charge is 0.488 e. The van der Waals surface area contributed by atoms with E-state index >= 15 is 8.78 Å². The summed E-state index contributed by atoms with van der Waals surface area (Å²) < 4.78 is 59.9. The van der Waals surface area contributed by atoms with Gasteiger partial charge in [-0.1, -0.05) is 41.9 Å². The molecular formula is C32H33ClF2N2O7. The Balaban J connectivity index is 1.55. The first-order valence-electron chi connectivity index (χ1n) is 14.3. The number of nitrogens with one attached hydrogen (secondary N) is 2. The van der Waals surface area contributed by atoms with Crippen molar-refractivity contribution in [2.75, 3.05) is 40.5 Å². The van der Waals surface area contributed by atoms with Crippen LogP contribution in [0.2, 0.25) is 5.02 Å². The van der Waals surface area contributed by atoms with E-state index in [1.165, 1.54) is 26.3 Å². The van der Waals surface area contributed by atoms with Gasteiger partial charge in [0.2, 0.25) is 0 Å². The van der Waals surface area contributed by atoms with E-state index in [9.17, 15) is 9.59 Å². The molecule has 3 aromatic carbocycles. The Morgan fingerprint density at radius 2 is 1.89 bits per heavy atom. The number of carbonyl (C=O) groups is 2. The summed E-state index contributed by atoms with van der Waals surface area (Å²) in [5.41, 5.74) is -0.575. The van der Waals surface area contributed by atoms with Crippen LogP contribution in [0.3, 0.4) is 0 Å². The number of halogens is 3. The van der Waals surface area contributed by atoms with Crippen LogP contribution < -0.4 is 20.1 Å². The minimum absolute atomic E-state index is 0.00393. The molecule has 12 heteroatoms. The Labute approximate surface area is 258 Å². The van der Waals surface area contributed by atoms with E-state index in [1.807, 2.05) is 6.07 Å². The van der Waals surface area contributed by atoms with Crippen molar-refractivity contribution in [3.05, 3.63) is 81.9 Å². The van der Waals surface area contributed by atoms with Gasteiger partial charge in [-0.15, -0.1) is 0 Å². The standard InChI is InChI=1S/C32H33ClF2N2O7/c1-36-30(38)20-11-12-23(41-14-15-43-25-10-6-7-13-42-25)29(35)27(20)26-21-17-32(18-37-31(39)40-2,19-8-4-3-5-9-19)44-24(21)16-22(34)28(26)33/h3-5,8-9,11-12,16,25H,6-7,10,13-15,17-18H2,1-2H3,(H,36,38)(H,37,39)/t25-,32+/m0/s1. The summed E-state index contributed by atoms with van der Waals surface area (Å²) in [4.78, 5) is 25.0. The number of carbonyl (C=O) groups excluding carboxylic acids is 2. The number of benzene rings is 3. The monoisotopic (exact) mass is 630 g/mol. The fraction of sp³-hybridized carbons (Fsp3) is 0.375. The van der Waals surface area contributed by atoms with Crippen molar-refractivity contribution < 1.29 is 42.1 Å². The van der Waals surface area contributed by atoms with Crippen LogP contribution in [0.5, 0.6) is 11.5 Å². The minimum atomic E-state index is -1.22. The molecule has 0 saturated carbocycles. The second-order valence-corrected chi connectivity index (χ2v) is 10.8. The lowest BCUT2D eigenvalue weighted by Crippen LogP contribution is -2.44. The number of alkyl carbamates (subject to hydrolysis) is 1. The van der Waals surface area contributed by atoms with Crippen LogP contribution in [-0.2, 0) is 26.2 Å². The molecule has 2 amide bonds. The smallest absolute Gasteiger partial charge is 0.407 e. The molecule has 0 aliphatic carbocycles. The zero-order valence-electron chi connectivity index (χ0n) is 24.3. The van der Waals surface area contributed by atoms with E-state index < -0.39 is 34.3 Å². The van der Waals surface area contributed by atoms with Gasteiger partial charge in [0, 0.05) is 42.8 Å². The third-order valence-corrected chi connectivity index (χ3v) is 8.04. The molecule has 3 aromatic rings. The van der Waals surface area contributed by atoms with Gasteiger partial charge in [-0.2, -0.15) is 0 Å². The van der Waals surface area contributed by atoms with E-state index in [1.54, 1.807) is 24.3 Å². The van der Waals surface area contributed by atoms with Crippen LogP contribution in [0, 0.1) is 11.6 Å². The van der Waals surface area contributed by atoms with Crippen molar-refractivity contribution in [3.63, 3.8) is 0 Å². The summed E-state index contributed by atoms with van der Waals surface area (Å²) >= 11 is 6.56. The molecule has 0 unspecified atom stereocenters. The minimum Gasteiger partial charge on any atom is -0.488 e. The maximum Gasteiger partial charge on any atom is 0.407 e. The van der Waals surface area contributed by atoms with Gasteiger partial charge < -0.3 is 34.3 Å². The van der Waals surface area contributed by atoms with E-state index in [0.717, 1.165) is 25.3 Å². The molecule has 0 aromatic heterocycles. The molecule has 1 saturated heterocycles. The first-order chi connectivity index (χ1) is 21.3. The molecule has 0 bridgehead atoms. The van der Waals surface area contributed by atoms with Crippen molar-refractivity contribution in [1.29, 1.82) is 0 Å². The third-order valence-electron chi connectivity index (χ3n) is 7.67. The quantitative estimate of drug-likeness (QED) is 0.275. The second-order valence-electron chi connectivity index (χ2n) is 10.4. The van der Waals surface area contributed by atoms with Crippen molar-refractivity contribution >= 4 is 23.6 Å². The lowest BCUT2D eigenvalue weighted by molar-refractivity contribution is -0.165. The van der Waals surface area contributed by atoms with E-state index in [-0.39, 0.29) is 60.7 Å². The second kappa shape index (κ2) is 13.8. The predicted octanol–water partition coefficient (Wildman–Crippen LogP) is 5.75. The lowest BCUT2D eigenvalue weighted by Gasteiger charge is -2.29. The van der Waals surface area contributed by atoms with E-state index in [2.05, 4.69) is 10.6 Å². The molecule has 0 radical (unpaired) electrons. The van der Waals surface area contributed by atoms with Crippen molar-refractivity contribution in [2.24, 2.45) is 0 Å². The Bertz CT molecular complexity index is 1520. The molecule has 44 heavy (non-hydrogen) atoms. The Kier molecular flexibility index (Phi) is 9.87. The van der Waals surface area contributed by atoms with Crippen LogP contribution >= 0.6 is 11.6 Å². The molecule has 9 nitrogen and oxygen atoms in total. The SMILES string of the molecule is CNC(=O)c1ccc(OCCO[C@H]2CCCCO2)c(F)c1-c1c(Cl)c(F)cc2c1C[C@@](CNC(=O)OC)(c1ccccc1)O2. The average Bonchev–Trinajstić information content (AvgIpc) is 3.43. The fourth-order valence-electron chi connectivity index (χ4n) is 5.50. The average molecular weight is 631 g/mol. The van der Waals surface area contributed by atoms with Gasteiger partial charge in [0.05, 0.1) is 30.8 Å². The highest BCUT2D eigenvalue weighted by molar-refractivity contribution is 6.34. The molecule has 2 atom stereocenters. The van der Waals surface area contributed by atoms with Gasteiger partial charge in [-0.05, 0) is 37.0 Å². The summed E-state index contributed by atoms with van der Waals surface area (Å²) in [5, 5.41) is 4.76. The summed E-state index contributed by atoms with van der Waals surface area (Å²) in [7, 11) is 2.63. The summed E-state index contributed by atoms with van der Waals surface area (Å²) in [5.74, 6) is -2.47. The Morgan fingerprint density at radius 1 is 1.09 bits per heavy atom. The molecule has 5 rings (SSSR count). The summed E-state index contributed by atoms with van der Waals surface area (Å²) in [6.07, 6.45) is 1.77. The van der Waals surface area contributed by atoms with Crippen molar-refractivity contribution in [1.82, 2.24) is 10.6 Å². The topological polar surface area (TPSA) is 104 Å². The zero-order valence-corrected chi connectivity index (χ0v) is 25.1. The van der Waals surface area contributed by atoms with Crippen LogP contribution in [0.15, 0.2) is 48.5 Å². The number of amides is 2. The number of hydrogen-bond acceptors (Lipinski definition) is 7. The lowest BCUT2D eigenvalue weighted by atomic mass is 9.85. The normalized spacial score (nSPS) is 19.1. The molecule has 2 aliphatic heterocycles. The molecule has 234 valence electrons. The molecule has 0 spiro atoms. The molecular weight excluding hydrogens is 598 g/mol. The highest BCUT2D eigenvalue weighted by Crippen LogP contribution is 2.50. The Morgan fingerprint density at radius 3 is 2.59 bits per heavy atom.